The molecule has 1 aromatic rings. The highest BCUT2D eigenvalue weighted by atomic mass is 31.2. The molecule has 1 aromatic carbocycles. The van der Waals surface area contributed by atoms with E-state index in [1.54, 1.807) is 62.3 Å². The summed E-state index contributed by atoms with van der Waals surface area (Å²) in [6.45, 7) is 14.6. The summed E-state index contributed by atoms with van der Waals surface area (Å²) in [5.74, 6) is -1.06. The van der Waals surface area contributed by atoms with Crippen LogP contribution in [0.15, 0.2) is 30.3 Å². The maximum Gasteiger partial charge on any atom is 0.478 e. The van der Waals surface area contributed by atoms with E-state index in [4.69, 9.17) is 27.8 Å². The molecule has 0 aromatic heterocycles. The molecule has 0 unspecified atom stereocenters. The first-order valence-corrected chi connectivity index (χ1v) is 14.2. The van der Waals surface area contributed by atoms with Crippen molar-refractivity contribution in [2.45, 2.75) is 111 Å². The van der Waals surface area contributed by atoms with Gasteiger partial charge in [0.25, 0.3) is 0 Å². The van der Waals surface area contributed by atoms with Crippen molar-refractivity contribution in [2.75, 3.05) is 6.79 Å². The van der Waals surface area contributed by atoms with Crippen molar-refractivity contribution in [3.8, 4) is 0 Å². The van der Waals surface area contributed by atoms with Gasteiger partial charge in [-0.25, -0.2) is 13.9 Å². The number of esters is 2. The Hall–Kier alpha value is -2.46. The molecule has 0 heterocycles. The van der Waals surface area contributed by atoms with Gasteiger partial charge in [0.05, 0.1) is 17.6 Å². The van der Waals surface area contributed by atoms with Crippen LogP contribution in [-0.2, 0) is 48.5 Å². The van der Waals surface area contributed by atoms with Crippen molar-refractivity contribution >= 4 is 25.9 Å². The number of amides is 1. The van der Waals surface area contributed by atoms with Crippen molar-refractivity contribution in [1.29, 1.82) is 0 Å². The second kappa shape index (κ2) is 14.8. The lowest BCUT2D eigenvalue weighted by atomic mass is 10.1. The van der Waals surface area contributed by atoms with E-state index in [9.17, 15) is 18.9 Å². The topological polar surface area (TPSA) is 136 Å². The number of hydrogen-bond donors (Lipinski definition) is 1. The summed E-state index contributed by atoms with van der Waals surface area (Å²) >= 11 is 0. The van der Waals surface area contributed by atoms with E-state index < -0.39 is 55.5 Å². The molecule has 0 spiro atoms. The highest BCUT2D eigenvalue weighted by Crippen LogP contribution is 2.55. The van der Waals surface area contributed by atoms with Crippen molar-refractivity contribution in [1.82, 2.24) is 5.32 Å². The van der Waals surface area contributed by atoms with Crippen molar-refractivity contribution in [3.05, 3.63) is 35.9 Å². The van der Waals surface area contributed by atoms with Crippen molar-refractivity contribution < 1.29 is 46.7 Å². The largest absolute Gasteiger partial charge is 0.478 e. The Morgan fingerprint density at radius 3 is 1.90 bits per heavy atom. The molecule has 1 rings (SSSR count). The van der Waals surface area contributed by atoms with Crippen LogP contribution in [0, 0.1) is 0 Å². The number of ether oxygens (including phenoxy) is 3. The average Bonchev–Trinajstić information content (AvgIpc) is 2.72. The molecule has 0 aliphatic carbocycles. The van der Waals surface area contributed by atoms with Crippen molar-refractivity contribution in [2.24, 2.45) is 0 Å². The first kappa shape index (κ1) is 34.6. The van der Waals surface area contributed by atoms with E-state index in [1.165, 1.54) is 0 Å². The van der Waals surface area contributed by atoms with Crippen LogP contribution in [0.4, 0.5) is 4.79 Å². The third kappa shape index (κ3) is 17.7. The molecule has 0 saturated carbocycles. The highest BCUT2D eigenvalue weighted by Gasteiger charge is 2.37. The molecular formula is C27H44NO10P. The Balaban J connectivity index is 2.74. The molecule has 12 heteroatoms. The van der Waals surface area contributed by atoms with Crippen LogP contribution in [0.25, 0.3) is 0 Å². The van der Waals surface area contributed by atoms with E-state index >= 15 is 0 Å². The third-order valence-corrected chi connectivity index (χ3v) is 6.23. The van der Waals surface area contributed by atoms with Crippen LogP contribution in [-0.4, -0.2) is 47.7 Å². The Kier molecular flexibility index (Phi) is 13.1. The zero-order chi connectivity index (χ0) is 29.9. The van der Waals surface area contributed by atoms with Gasteiger partial charge < -0.3 is 19.5 Å². The number of hydrogen-bond acceptors (Lipinski definition) is 10. The lowest BCUT2D eigenvalue weighted by Gasteiger charge is -2.30. The number of benzene rings is 1. The minimum atomic E-state index is -4.10. The zero-order valence-electron chi connectivity index (χ0n) is 24.5. The van der Waals surface area contributed by atoms with E-state index in [-0.39, 0.29) is 25.9 Å². The number of phosphoric acid groups is 1. The second-order valence-corrected chi connectivity index (χ2v) is 13.4. The third-order valence-electron chi connectivity index (χ3n) is 4.27. The number of nitrogens with one attached hydrogen (secondary N) is 1. The summed E-state index contributed by atoms with van der Waals surface area (Å²) in [6.07, 6.45) is -1.15. The Bertz CT molecular complexity index is 957. The summed E-state index contributed by atoms with van der Waals surface area (Å²) in [5, 5.41) is 2.52. The molecule has 0 fully saturated rings. The summed E-state index contributed by atoms with van der Waals surface area (Å²) in [4.78, 5) is 37.1. The quantitative estimate of drug-likeness (QED) is 0.129. The van der Waals surface area contributed by atoms with Crippen LogP contribution in [0.2, 0.25) is 0 Å². The van der Waals surface area contributed by atoms with Crippen LogP contribution in [0.3, 0.4) is 0 Å². The Morgan fingerprint density at radius 2 is 1.38 bits per heavy atom. The van der Waals surface area contributed by atoms with Crippen molar-refractivity contribution in [3.63, 3.8) is 0 Å². The predicted octanol–water partition coefficient (Wildman–Crippen LogP) is 6.05. The molecule has 39 heavy (non-hydrogen) atoms. The van der Waals surface area contributed by atoms with Crippen LogP contribution < -0.4 is 5.32 Å². The minimum Gasteiger partial charge on any atom is -0.461 e. The smallest absolute Gasteiger partial charge is 0.461 e. The second-order valence-electron chi connectivity index (χ2n) is 11.9. The van der Waals surface area contributed by atoms with E-state index in [0.717, 1.165) is 5.56 Å². The number of alkyl carbamates (subject to hydrolysis) is 1. The summed E-state index contributed by atoms with van der Waals surface area (Å²) < 4.78 is 44.9. The van der Waals surface area contributed by atoms with Crippen LogP contribution in [0.5, 0.6) is 0 Å². The first-order valence-electron chi connectivity index (χ1n) is 12.8. The lowest BCUT2D eigenvalue weighted by molar-refractivity contribution is -0.156. The maximum atomic E-state index is 13.1. The van der Waals surface area contributed by atoms with Gasteiger partial charge in [0.15, 0.2) is 0 Å². The Labute approximate surface area is 231 Å². The van der Waals surface area contributed by atoms with E-state index in [0.29, 0.717) is 0 Å². The van der Waals surface area contributed by atoms with Gasteiger partial charge >= 0.3 is 25.9 Å². The van der Waals surface area contributed by atoms with Gasteiger partial charge in [0, 0.05) is 12.5 Å². The highest BCUT2D eigenvalue weighted by molar-refractivity contribution is 7.48. The molecule has 0 bridgehead atoms. The molecule has 0 radical (unpaired) electrons. The molecule has 222 valence electrons. The molecule has 11 nitrogen and oxygen atoms in total. The van der Waals surface area contributed by atoms with Gasteiger partial charge in [-0.1, -0.05) is 30.3 Å². The normalized spacial score (nSPS) is 13.4. The maximum absolute atomic E-state index is 13.1. The summed E-state index contributed by atoms with van der Waals surface area (Å²) in [7, 11) is -4.10. The van der Waals surface area contributed by atoms with Crippen LogP contribution >= 0.6 is 7.82 Å². The molecule has 0 aliphatic heterocycles. The summed E-state index contributed by atoms with van der Waals surface area (Å²) in [6, 6.07) is 8.38. The van der Waals surface area contributed by atoms with E-state index in [1.807, 2.05) is 30.3 Å². The molecule has 0 aliphatic rings. The van der Waals surface area contributed by atoms with Gasteiger partial charge in [-0.15, -0.1) is 0 Å². The number of carbonyl (C=O) groups excluding carboxylic acids is 3. The Morgan fingerprint density at radius 1 is 0.821 bits per heavy atom. The fraction of sp³-hybridized carbons (Fsp3) is 0.667. The fourth-order valence-corrected chi connectivity index (χ4v) is 4.67. The fourth-order valence-electron chi connectivity index (χ4n) is 3.01. The van der Waals surface area contributed by atoms with Gasteiger partial charge in [0.2, 0.25) is 6.79 Å². The first-order chi connectivity index (χ1) is 17.8. The van der Waals surface area contributed by atoms with Gasteiger partial charge in [-0.2, -0.15) is 0 Å². The predicted molar refractivity (Wildman–Crippen MR) is 145 cm³/mol. The number of carbonyl (C=O) groups is 3. The lowest BCUT2D eigenvalue weighted by Crippen LogP contribution is -2.39. The average molecular weight is 574 g/mol. The molecular weight excluding hydrogens is 529 g/mol. The SMILES string of the molecule is CC(C)(C)OC(=O)C[C@H](CCC(=O)OCc1ccccc1)NC(=O)OCOP(=O)(OC(C)(C)C)OC(C)(C)C. The molecule has 1 atom stereocenters. The van der Waals surface area contributed by atoms with Crippen LogP contribution in [0.1, 0.15) is 87.1 Å². The standard InChI is InChI=1S/C27H44NO10P/c1-25(2,3)36-23(30)17-21(15-16-22(29)33-18-20-13-11-10-12-14-20)28-24(31)34-19-35-39(32,37-26(4,5)6)38-27(7,8)9/h10-14,21H,15-19H2,1-9H3,(H,28,31)/t21-/m0/s1. The molecule has 1 amide bonds. The van der Waals surface area contributed by atoms with Gasteiger partial charge in [-0.05, 0) is 74.3 Å². The number of rotatable bonds is 13. The van der Waals surface area contributed by atoms with Gasteiger partial charge in [0.1, 0.15) is 12.2 Å². The number of phosphoric ester groups is 1. The molecule has 0 saturated heterocycles. The monoisotopic (exact) mass is 573 g/mol. The summed E-state index contributed by atoms with van der Waals surface area (Å²) in [5.41, 5.74) is -1.62. The van der Waals surface area contributed by atoms with Gasteiger partial charge in [-0.3, -0.25) is 18.6 Å². The zero-order valence-corrected chi connectivity index (χ0v) is 25.4. The minimum absolute atomic E-state index is 0.0644. The molecule has 1 N–H and O–H groups in total. The van der Waals surface area contributed by atoms with E-state index in [2.05, 4.69) is 5.32 Å².